The third-order valence-electron chi connectivity index (χ3n) is 3.16. The fourth-order valence-electron chi connectivity index (χ4n) is 2.30. The maximum absolute atomic E-state index is 11.3. The van der Waals surface area contributed by atoms with Gasteiger partial charge in [-0.3, -0.25) is 19.8 Å². The number of fused-ring (bicyclic) bond motifs is 1. The van der Waals surface area contributed by atoms with Crippen molar-refractivity contribution in [2.45, 2.75) is 6.54 Å². The van der Waals surface area contributed by atoms with E-state index in [9.17, 15) is 9.59 Å². The number of aromatic nitrogens is 1. The first-order chi connectivity index (χ1) is 9.61. The number of halogens is 1. The lowest BCUT2D eigenvalue weighted by molar-refractivity contribution is -0.136. The van der Waals surface area contributed by atoms with Crippen LogP contribution in [0.3, 0.4) is 0 Å². The van der Waals surface area contributed by atoms with E-state index in [2.05, 4.69) is 10.3 Å². The largest absolute Gasteiger partial charge is 0.294 e. The molecule has 3 rings (SSSR count). The van der Waals surface area contributed by atoms with Gasteiger partial charge in [-0.25, -0.2) is 4.98 Å². The molecule has 6 heteroatoms. The predicted octanol–water partition coefficient (Wildman–Crippen LogP) is 1.35. The Morgan fingerprint density at radius 2 is 1.90 bits per heavy atom. The van der Waals surface area contributed by atoms with Gasteiger partial charge >= 0.3 is 0 Å². The Hall–Kier alpha value is -1.98. The molecule has 1 N–H and O–H groups in total. The highest BCUT2D eigenvalue weighted by atomic mass is 35.5. The van der Waals surface area contributed by atoms with Gasteiger partial charge in [-0.05, 0) is 12.1 Å². The molecule has 20 heavy (non-hydrogen) atoms. The Bertz CT molecular complexity index is 686. The van der Waals surface area contributed by atoms with Crippen molar-refractivity contribution in [3.05, 3.63) is 41.0 Å². The van der Waals surface area contributed by atoms with E-state index in [1.54, 1.807) is 4.90 Å². The number of hydrogen-bond acceptors (Lipinski definition) is 4. The lowest BCUT2D eigenvalue weighted by atomic mass is 10.1. The third kappa shape index (κ3) is 2.64. The number of imide groups is 1. The van der Waals surface area contributed by atoms with Gasteiger partial charge in [-0.1, -0.05) is 29.8 Å². The van der Waals surface area contributed by atoms with Gasteiger partial charge in [0.2, 0.25) is 11.8 Å². The molecule has 5 nitrogen and oxygen atoms in total. The maximum atomic E-state index is 11.3. The minimum Gasteiger partial charge on any atom is -0.294 e. The molecule has 1 fully saturated rings. The molecule has 1 aliphatic heterocycles. The molecular weight excluding hydrogens is 278 g/mol. The zero-order valence-corrected chi connectivity index (χ0v) is 11.4. The Balaban J connectivity index is 1.88. The number of piperazine rings is 1. The van der Waals surface area contributed by atoms with Gasteiger partial charge in [-0.2, -0.15) is 0 Å². The molecular formula is C14H12ClN3O2. The van der Waals surface area contributed by atoms with Crippen molar-refractivity contribution in [2.24, 2.45) is 0 Å². The summed E-state index contributed by atoms with van der Waals surface area (Å²) in [6.07, 6.45) is 0. The topological polar surface area (TPSA) is 62.3 Å². The SMILES string of the molecule is O=C1CN(Cc2cc3ccccc3nc2Cl)CC(=O)N1. The second-order valence-corrected chi connectivity index (χ2v) is 5.11. The summed E-state index contributed by atoms with van der Waals surface area (Å²) in [5.74, 6) is -0.572. The monoisotopic (exact) mass is 289 g/mol. The molecule has 1 aliphatic rings. The van der Waals surface area contributed by atoms with Crippen molar-refractivity contribution >= 4 is 34.3 Å². The lowest BCUT2D eigenvalue weighted by Gasteiger charge is -2.25. The first-order valence-electron chi connectivity index (χ1n) is 6.21. The van der Waals surface area contributed by atoms with Crippen molar-refractivity contribution < 1.29 is 9.59 Å². The van der Waals surface area contributed by atoms with Crippen LogP contribution in [0.1, 0.15) is 5.56 Å². The zero-order chi connectivity index (χ0) is 14.1. The molecule has 0 radical (unpaired) electrons. The molecule has 2 amide bonds. The Labute approximate surface area is 120 Å². The fraction of sp³-hybridized carbons (Fsp3) is 0.214. The predicted molar refractivity (Wildman–Crippen MR) is 75.2 cm³/mol. The van der Waals surface area contributed by atoms with E-state index >= 15 is 0 Å². The van der Waals surface area contributed by atoms with Crippen molar-refractivity contribution in [3.8, 4) is 0 Å². The Morgan fingerprint density at radius 3 is 2.65 bits per heavy atom. The summed E-state index contributed by atoms with van der Waals surface area (Å²) >= 11 is 6.17. The molecule has 0 aliphatic carbocycles. The highest BCUT2D eigenvalue weighted by molar-refractivity contribution is 6.30. The van der Waals surface area contributed by atoms with Crippen LogP contribution in [0, 0.1) is 0 Å². The lowest BCUT2D eigenvalue weighted by Crippen LogP contribution is -2.50. The summed E-state index contributed by atoms with van der Waals surface area (Å²) in [5.41, 5.74) is 1.64. The van der Waals surface area contributed by atoms with Crippen LogP contribution < -0.4 is 5.32 Å². The third-order valence-corrected chi connectivity index (χ3v) is 3.48. The number of rotatable bonds is 2. The number of carbonyl (C=O) groups is 2. The molecule has 1 aromatic carbocycles. The summed E-state index contributed by atoms with van der Waals surface area (Å²) in [6.45, 7) is 0.805. The van der Waals surface area contributed by atoms with Crippen molar-refractivity contribution in [3.63, 3.8) is 0 Å². The number of para-hydroxylation sites is 1. The number of benzene rings is 1. The van der Waals surface area contributed by atoms with Gasteiger partial charge < -0.3 is 0 Å². The van der Waals surface area contributed by atoms with E-state index in [4.69, 9.17) is 11.6 Å². The zero-order valence-electron chi connectivity index (χ0n) is 10.6. The number of hydrogen-bond donors (Lipinski definition) is 1. The van der Waals surface area contributed by atoms with Crippen LogP contribution in [-0.2, 0) is 16.1 Å². The summed E-state index contributed by atoms with van der Waals surface area (Å²) in [6, 6.07) is 9.62. The average molecular weight is 290 g/mol. The highest BCUT2D eigenvalue weighted by Crippen LogP contribution is 2.21. The summed E-state index contributed by atoms with van der Waals surface area (Å²) in [7, 11) is 0. The average Bonchev–Trinajstić information content (AvgIpc) is 2.38. The van der Waals surface area contributed by atoms with Crippen LogP contribution >= 0.6 is 11.6 Å². The molecule has 1 saturated heterocycles. The molecule has 2 heterocycles. The number of amides is 2. The van der Waals surface area contributed by atoms with Gasteiger partial charge in [0.1, 0.15) is 5.15 Å². The summed E-state index contributed by atoms with van der Waals surface area (Å²) < 4.78 is 0. The smallest absolute Gasteiger partial charge is 0.240 e. The van der Waals surface area contributed by atoms with Crippen molar-refractivity contribution in [1.29, 1.82) is 0 Å². The molecule has 0 spiro atoms. The van der Waals surface area contributed by atoms with E-state index < -0.39 is 0 Å². The molecule has 102 valence electrons. The second kappa shape index (κ2) is 5.19. The summed E-state index contributed by atoms with van der Waals surface area (Å²) in [4.78, 5) is 28.8. The Morgan fingerprint density at radius 1 is 1.20 bits per heavy atom. The van der Waals surface area contributed by atoms with Crippen LogP contribution in [0.15, 0.2) is 30.3 Å². The van der Waals surface area contributed by atoms with Gasteiger partial charge in [0.05, 0.1) is 18.6 Å². The first kappa shape index (κ1) is 13.0. The van der Waals surface area contributed by atoms with E-state index in [0.29, 0.717) is 11.7 Å². The van der Waals surface area contributed by atoms with Gasteiger partial charge in [-0.15, -0.1) is 0 Å². The van der Waals surface area contributed by atoms with Crippen molar-refractivity contribution in [1.82, 2.24) is 15.2 Å². The number of carbonyl (C=O) groups excluding carboxylic acids is 2. The summed E-state index contributed by atoms with van der Waals surface area (Å²) in [5, 5.41) is 3.66. The maximum Gasteiger partial charge on any atom is 0.240 e. The fourth-order valence-corrected chi connectivity index (χ4v) is 2.50. The minimum absolute atomic E-state index is 0.189. The normalized spacial score (nSPS) is 16.4. The van der Waals surface area contributed by atoms with Crippen LogP contribution in [0.2, 0.25) is 5.15 Å². The highest BCUT2D eigenvalue weighted by Gasteiger charge is 2.23. The van der Waals surface area contributed by atoms with Gasteiger partial charge in [0.15, 0.2) is 0 Å². The molecule has 0 atom stereocenters. The molecule has 0 saturated carbocycles. The van der Waals surface area contributed by atoms with Crippen LogP contribution in [0.4, 0.5) is 0 Å². The van der Waals surface area contributed by atoms with E-state index in [1.807, 2.05) is 30.3 Å². The number of pyridine rings is 1. The molecule has 1 aromatic heterocycles. The number of nitrogens with zero attached hydrogens (tertiary/aromatic N) is 2. The molecule has 2 aromatic rings. The van der Waals surface area contributed by atoms with E-state index in [-0.39, 0.29) is 24.9 Å². The van der Waals surface area contributed by atoms with Crippen LogP contribution in [0.5, 0.6) is 0 Å². The standard InChI is InChI=1S/C14H12ClN3O2/c15-14-10(5-9-3-1-2-4-11(9)16-14)6-18-7-12(19)17-13(20)8-18/h1-5H,6-8H2,(H,17,19,20). The number of nitrogens with one attached hydrogen (secondary N) is 1. The quantitative estimate of drug-likeness (QED) is 0.669. The van der Waals surface area contributed by atoms with E-state index in [0.717, 1.165) is 16.5 Å². The Kier molecular flexibility index (Phi) is 3.38. The first-order valence-corrected chi connectivity index (χ1v) is 6.59. The van der Waals surface area contributed by atoms with E-state index in [1.165, 1.54) is 0 Å². The minimum atomic E-state index is -0.286. The van der Waals surface area contributed by atoms with Gasteiger partial charge in [0, 0.05) is 17.5 Å². The molecule has 0 bridgehead atoms. The van der Waals surface area contributed by atoms with Crippen LogP contribution in [0.25, 0.3) is 10.9 Å². The van der Waals surface area contributed by atoms with Crippen molar-refractivity contribution in [2.75, 3.05) is 13.1 Å². The van der Waals surface area contributed by atoms with Gasteiger partial charge in [0.25, 0.3) is 0 Å². The second-order valence-electron chi connectivity index (χ2n) is 4.75. The molecule has 0 unspecified atom stereocenters. The van der Waals surface area contributed by atoms with Crippen LogP contribution in [-0.4, -0.2) is 34.8 Å².